The first-order chi connectivity index (χ1) is 12.2. The minimum atomic E-state index is 0. The molecular formula is C20H32IN5. The SMILES string of the molecule is CCCCNC(=NCc1ccc(C)cc1)NCCCc1cnn(C)c1.I. The number of aliphatic imine (C=N–C) groups is 1. The molecule has 0 bridgehead atoms. The highest BCUT2D eigenvalue weighted by atomic mass is 127. The monoisotopic (exact) mass is 469 g/mol. The van der Waals surface area contributed by atoms with Gasteiger partial charge in [-0.3, -0.25) is 4.68 Å². The van der Waals surface area contributed by atoms with Crippen LogP contribution in [0.15, 0.2) is 41.7 Å². The molecule has 26 heavy (non-hydrogen) atoms. The highest BCUT2D eigenvalue weighted by Crippen LogP contribution is 2.04. The Morgan fingerprint density at radius 3 is 2.38 bits per heavy atom. The van der Waals surface area contributed by atoms with Crippen molar-refractivity contribution in [1.29, 1.82) is 0 Å². The van der Waals surface area contributed by atoms with E-state index in [0.29, 0.717) is 6.54 Å². The van der Waals surface area contributed by atoms with Crippen LogP contribution in [0, 0.1) is 6.92 Å². The van der Waals surface area contributed by atoms with Gasteiger partial charge in [0, 0.05) is 26.3 Å². The van der Waals surface area contributed by atoms with Gasteiger partial charge in [0.15, 0.2) is 5.96 Å². The van der Waals surface area contributed by atoms with Gasteiger partial charge in [-0.05, 0) is 37.3 Å². The molecule has 0 saturated carbocycles. The van der Waals surface area contributed by atoms with E-state index >= 15 is 0 Å². The standard InChI is InChI=1S/C20H31N5.HI/c1-4-5-12-21-20(23-14-18-10-8-17(2)9-11-18)22-13-6-7-19-15-24-25(3)16-19;/h8-11,15-16H,4-7,12-14H2,1-3H3,(H2,21,22,23);1H. The summed E-state index contributed by atoms with van der Waals surface area (Å²) < 4.78 is 1.85. The van der Waals surface area contributed by atoms with Crippen LogP contribution in [0.5, 0.6) is 0 Å². The molecule has 6 heteroatoms. The first-order valence-corrected chi connectivity index (χ1v) is 9.22. The van der Waals surface area contributed by atoms with Gasteiger partial charge in [0.25, 0.3) is 0 Å². The second kappa shape index (κ2) is 12.7. The molecule has 0 unspecified atom stereocenters. The number of halogens is 1. The summed E-state index contributed by atoms with van der Waals surface area (Å²) in [5.41, 5.74) is 3.79. The Labute approximate surface area is 174 Å². The first-order valence-electron chi connectivity index (χ1n) is 9.22. The Kier molecular flexibility index (Phi) is 11.0. The number of aryl methyl sites for hydroxylation is 3. The number of guanidine groups is 1. The number of rotatable bonds is 9. The average Bonchev–Trinajstić information content (AvgIpc) is 3.02. The van der Waals surface area contributed by atoms with Gasteiger partial charge in [-0.2, -0.15) is 5.10 Å². The van der Waals surface area contributed by atoms with Crippen LogP contribution < -0.4 is 10.6 Å². The quantitative estimate of drug-likeness (QED) is 0.254. The van der Waals surface area contributed by atoms with E-state index in [2.05, 4.69) is 60.0 Å². The first kappa shape index (κ1) is 22.5. The predicted octanol–water partition coefficient (Wildman–Crippen LogP) is 3.81. The van der Waals surface area contributed by atoms with Crippen molar-refractivity contribution in [2.24, 2.45) is 12.0 Å². The molecule has 1 heterocycles. The number of nitrogens with one attached hydrogen (secondary N) is 2. The molecular weight excluding hydrogens is 437 g/mol. The molecule has 2 rings (SSSR count). The van der Waals surface area contributed by atoms with E-state index in [4.69, 9.17) is 4.99 Å². The fourth-order valence-corrected chi connectivity index (χ4v) is 2.52. The summed E-state index contributed by atoms with van der Waals surface area (Å²) in [5.74, 6) is 0.903. The zero-order valence-corrected chi connectivity index (χ0v) is 18.5. The van der Waals surface area contributed by atoms with Gasteiger partial charge < -0.3 is 10.6 Å². The number of aromatic nitrogens is 2. The van der Waals surface area contributed by atoms with E-state index in [-0.39, 0.29) is 24.0 Å². The molecule has 1 aromatic heterocycles. The summed E-state index contributed by atoms with van der Waals surface area (Å²) >= 11 is 0. The van der Waals surface area contributed by atoms with Crippen molar-refractivity contribution >= 4 is 29.9 Å². The summed E-state index contributed by atoms with van der Waals surface area (Å²) in [6.45, 7) is 6.87. The Morgan fingerprint density at radius 2 is 1.77 bits per heavy atom. The Morgan fingerprint density at radius 1 is 1.08 bits per heavy atom. The second-order valence-electron chi connectivity index (χ2n) is 6.48. The van der Waals surface area contributed by atoms with Crippen molar-refractivity contribution in [3.63, 3.8) is 0 Å². The van der Waals surface area contributed by atoms with E-state index in [9.17, 15) is 0 Å². The van der Waals surface area contributed by atoms with E-state index in [0.717, 1.165) is 38.3 Å². The van der Waals surface area contributed by atoms with Crippen molar-refractivity contribution in [2.45, 2.75) is 46.1 Å². The number of hydrogen-bond donors (Lipinski definition) is 2. The molecule has 0 fully saturated rings. The maximum Gasteiger partial charge on any atom is 0.191 e. The lowest BCUT2D eigenvalue weighted by atomic mass is 10.1. The molecule has 1 aromatic carbocycles. The van der Waals surface area contributed by atoms with Crippen LogP contribution in [0.1, 0.15) is 42.9 Å². The second-order valence-corrected chi connectivity index (χ2v) is 6.48. The van der Waals surface area contributed by atoms with Crippen LogP contribution in [0.25, 0.3) is 0 Å². The third kappa shape index (κ3) is 8.69. The van der Waals surface area contributed by atoms with Crippen LogP contribution in [-0.2, 0) is 20.0 Å². The molecule has 2 N–H and O–H groups in total. The summed E-state index contributed by atoms with van der Waals surface area (Å²) in [6.07, 6.45) is 8.43. The lowest BCUT2D eigenvalue weighted by Crippen LogP contribution is -2.38. The van der Waals surface area contributed by atoms with Gasteiger partial charge in [0.2, 0.25) is 0 Å². The summed E-state index contributed by atoms with van der Waals surface area (Å²) in [7, 11) is 1.95. The normalized spacial score (nSPS) is 11.1. The molecule has 0 atom stereocenters. The van der Waals surface area contributed by atoms with Crippen LogP contribution in [0.2, 0.25) is 0 Å². The van der Waals surface area contributed by atoms with Crippen molar-refractivity contribution in [1.82, 2.24) is 20.4 Å². The lowest BCUT2D eigenvalue weighted by Gasteiger charge is -2.12. The van der Waals surface area contributed by atoms with E-state index < -0.39 is 0 Å². The zero-order valence-electron chi connectivity index (χ0n) is 16.2. The van der Waals surface area contributed by atoms with E-state index in [1.54, 1.807) is 0 Å². The van der Waals surface area contributed by atoms with Crippen LogP contribution in [0.4, 0.5) is 0 Å². The van der Waals surface area contributed by atoms with Crippen molar-refractivity contribution in [3.05, 3.63) is 53.3 Å². The molecule has 0 amide bonds. The lowest BCUT2D eigenvalue weighted by molar-refractivity contribution is 0.706. The third-order valence-corrected chi connectivity index (χ3v) is 4.06. The van der Waals surface area contributed by atoms with Gasteiger partial charge in [-0.15, -0.1) is 24.0 Å². The molecule has 0 aliphatic heterocycles. The fourth-order valence-electron chi connectivity index (χ4n) is 2.52. The number of hydrogen-bond acceptors (Lipinski definition) is 2. The predicted molar refractivity (Wildman–Crippen MR) is 120 cm³/mol. The van der Waals surface area contributed by atoms with Gasteiger partial charge in [0.05, 0.1) is 12.7 Å². The van der Waals surface area contributed by atoms with Gasteiger partial charge in [-0.25, -0.2) is 4.99 Å². The summed E-state index contributed by atoms with van der Waals surface area (Å²) in [4.78, 5) is 4.72. The Hall–Kier alpha value is -1.57. The minimum Gasteiger partial charge on any atom is -0.356 e. The van der Waals surface area contributed by atoms with Gasteiger partial charge >= 0.3 is 0 Å². The highest BCUT2D eigenvalue weighted by molar-refractivity contribution is 14.0. The number of unbranched alkanes of at least 4 members (excludes halogenated alkanes) is 1. The maximum absolute atomic E-state index is 4.72. The molecule has 0 saturated heterocycles. The van der Waals surface area contributed by atoms with Crippen LogP contribution in [0.3, 0.4) is 0 Å². The molecule has 0 spiro atoms. The van der Waals surface area contributed by atoms with E-state index in [1.165, 1.54) is 23.1 Å². The van der Waals surface area contributed by atoms with Crippen LogP contribution >= 0.6 is 24.0 Å². The molecule has 2 aromatic rings. The fraction of sp³-hybridized carbons (Fsp3) is 0.500. The zero-order chi connectivity index (χ0) is 17.9. The number of nitrogens with zero attached hydrogens (tertiary/aromatic N) is 3. The van der Waals surface area contributed by atoms with Crippen LogP contribution in [-0.4, -0.2) is 28.8 Å². The van der Waals surface area contributed by atoms with Gasteiger partial charge in [-0.1, -0.05) is 43.2 Å². The van der Waals surface area contributed by atoms with Crippen molar-refractivity contribution in [2.75, 3.05) is 13.1 Å². The number of benzene rings is 1. The molecule has 5 nitrogen and oxygen atoms in total. The molecule has 0 aliphatic rings. The maximum atomic E-state index is 4.72. The summed E-state index contributed by atoms with van der Waals surface area (Å²) in [6, 6.07) is 8.56. The molecule has 0 aliphatic carbocycles. The molecule has 0 radical (unpaired) electrons. The van der Waals surface area contributed by atoms with Crippen molar-refractivity contribution in [3.8, 4) is 0 Å². The highest BCUT2D eigenvalue weighted by Gasteiger charge is 2.00. The topological polar surface area (TPSA) is 54.2 Å². The third-order valence-electron chi connectivity index (χ3n) is 4.06. The Balaban J connectivity index is 0.00000338. The van der Waals surface area contributed by atoms with Gasteiger partial charge in [0.1, 0.15) is 0 Å². The average molecular weight is 469 g/mol. The molecule has 144 valence electrons. The smallest absolute Gasteiger partial charge is 0.191 e. The van der Waals surface area contributed by atoms with Crippen molar-refractivity contribution < 1.29 is 0 Å². The van der Waals surface area contributed by atoms with E-state index in [1.807, 2.05) is 17.9 Å². The summed E-state index contributed by atoms with van der Waals surface area (Å²) in [5, 5.41) is 11.1. The largest absolute Gasteiger partial charge is 0.356 e. The Bertz CT molecular complexity index is 648. The minimum absolute atomic E-state index is 0.